The molecule has 0 amide bonds. The summed E-state index contributed by atoms with van der Waals surface area (Å²) in [5.41, 5.74) is 11.8. The van der Waals surface area contributed by atoms with Gasteiger partial charge in [0.05, 0.1) is 0 Å². The molecule has 23 heavy (non-hydrogen) atoms. The van der Waals surface area contributed by atoms with Gasteiger partial charge in [-0.3, -0.25) is 0 Å². The lowest BCUT2D eigenvalue weighted by Crippen LogP contribution is -2.04. The highest BCUT2D eigenvalue weighted by molar-refractivity contribution is 5.70. The lowest BCUT2D eigenvalue weighted by Gasteiger charge is -2.18. The van der Waals surface area contributed by atoms with Gasteiger partial charge in [-0.05, 0) is 64.8 Å². The first kappa shape index (κ1) is 14.5. The molecule has 2 atom stereocenters. The molecule has 0 aliphatic heterocycles. The number of benzene rings is 2. The number of rotatable bonds is 2. The van der Waals surface area contributed by atoms with Crippen LogP contribution >= 0.6 is 0 Å². The summed E-state index contributed by atoms with van der Waals surface area (Å²) in [4.78, 5) is 0. The van der Waals surface area contributed by atoms with Crippen LogP contribution in [0.25, 0.3) is 12.2 Å². The monoisotopic (exact) mass is 300 g/mol. The van der Waals surface area contributed by atoms with E-state index in [1.165, 1.54) is 44.5 Å². The molecule has 116 valence electrons. The molecule has 0 N–H and O–H groups in total. The molecule has 4 rings (SSSR count). The lowest BCUT2D eigenvalue weighted by molar-refractivity contribution is 0.926. The van der Waals surface area contributed by atoms with Crippen molar-refractivity contribution in [1.29, 1.82) is 0 Å². The van der Waals surface area contributed by atoms with Crippen molar-refractivity contribution in [1.82, 2.24) is 0 Å². The van der Waals surface area contributed by atoms with Crippen LogP contribution < -0.4 is 0 Å². The van der Waals surface area contributed by atoms with E-state index < -0.39 is 0 Å². The lowest BCUT2D eigenvalue weighted by atomic mass is 9.86. The van der Waals surface area contributed by atoms with Crippen LogP contribution in [0.3, 0.4) is 0 Å². The van der Waals surface area contributed by atoms with Gasteiger partial charge in [-0.2, -0.15) is 0 Å². The molecule has 0 aromatic heterocycles. The molecule has 2 aromatic carbocycles. The highest BCUT2D eigenvalue weighted by Crippen LogP contribution is 2.39. The Kier molecular flexibility index (Phi) is 3.30. The number of hydrogen-bond acceptors (Lipinski definition) is 0. The first-order valence-corrected chi connectivity index (χ1v) is 8.67. The third kappa shape index (κ3) is 2.20. The van der Waals surface area contributed by atoms with Gasteiger partial charge in [0.25, 0.3) is 0 Å². The fraction of sp³-hybridized carbons (Fsp3) is 0.304. The van der Waals surface area contributed by atoms with E-state index in [1.54, 1.807) is 0 Å². The van der Waals surface area contributed by atoms with Gasteiger partial charge in [-0.1, -0.05) is 62.4 Å². The summed E-state index contributed by atoms with van der Waals surface area (Å²) in [6, 6.07) is 9.26. The maximum absolute atomic E-state index is 2.34. The van der Waals surface area contributed by atoms with Crippen molar-refractivity contribution < 1.29 is 0 Å². The van der Waals surface area contributed by atoms with Crippen LogP contribution in [0.4, 0.5) is 0 Å². The van der Waals surface area contributed by atoms with Crippen LogP contribution in [-0.2, 0) is 6.42 Å². The van der Waals surface area contributed by atoms with E-state index in [-0.39, 0.29) is 0 Å². The molecule has 0 heteroatoms. The molecule has 0 radical (unpaired) electrons. The van der Waals surface area contributed by atoms with E-state index in [0.29, 0.717) is 11.8 Å². The highest BCUT2D eigenvalue weighted by atomic mass is 14.3. The van der Waals surface area contributed by atoms with Crippen molar-refractivity contribution in [3.05, 3.63) is 80.9 Å². The van der Waals surface area contributed by atoms with Crippen LogP contribution in [0, 0.1) is 13.8 Å². The first-order valence-electron chi connectivity index (χ1n) is 8.67. The summed E-state index contributed by atoms with van der Waals surface area (Å²) in [7, 11) is 0. The minimum absolute atomic E-state index is 0.536. The average molecular weight is 300 g/mol. The molecule has 0 saturated heterocycles. The molecule has 0 spiro atoms. The smallest absolute Gasteiger partial charge is 0.000178 e. The van der Waals surface area contributed by atoms with Gasteiger partial charge in [0, 0.05) is 11.8 Å². The van der Waals surface area contributed by atoms with Crippen molar-refractivity contribution in [2.24, 2.45) is 0 Å². The van der Waals surface area contributed by atoms with Crippen LogP contribution in [0.2, 0.25) is 0 Å². The van der Waals surface area contributed by atoms with E-state index in [1.807, 2.05) is 0 Å². The van der Waals surface area contributed by atoms with Crippen LogP contribution in [-0.4, -0.2) is 0 Å². The zero-order chi connectivity index (χ0) is 16.1. The maximum atomic E-state index is 2.34. The Labute approximate surface area is 139 Å². The van der Waals surface area contributed by atoms with E-state index in [4.69, 9.17) is 0 Å². The van der Waals surface area contributed by atoms with Crippen molar-refractivity contribution in [2.75, 3.05) is 0 Å². The summed E-state index contributed by atoms with van der Waals surface area (Å²) in [6.45, 7) is 9.07. The van der Waals surface area contributed by atoms with E-state index in [9.17, 15) is 0 Å². The molecule has 2 unspecified atom stereocenters. The van der Waals surface area contributed by atoms with Gasteiger partial charge in [-0.25, -0.2) is 0 Å². The molecular formula is C23H24. The van der Waals surface area contributed by atoms with Gasteiger partial charge in [0.15, 0.2) is 0 Å². The van der Waals surface area contributed by atoms with Crippen molar-refractivity contribution in [2.45, 2.75) is 46.0 Å². The number of allylic oxidation sites excluding steroid dienone is 2. The standard InChI is InChI=1S/C23H24/c1-14-5-9-18(22-16(3)7-11-20(14)22)13-19-10-6-15(2)21-12-8-17(4)23(19)21/h5-12,16-17H,13H2,1-4H3. The maximum Gasteiger partial charge on any atom is 0.000178 e. The zero-order valence-corrected chi connectivity index (χ0v) is 14.5. The fourth-order valence-corrected chi connectivity index (χ4v) is 4.29. The van der Waals surface area contributed by atoms with Gasteiger partial charge < -0.3 is 0 Å². The predicted octanol–water partition coefficient (Wildman–Crippen LogP) is 6.15. The Balaban J connectivity index is 1.80. The summed E-state index contributed by atoms with van der Waals surface area (Å²) < 4.78 is 0. The van der Waals surface area contributed by atoms with Gasteiger partial charge in [0.1, 0.15) is 0 Å². The van der Waals surface area contributed by atoms with E-state index in [0.717, 1.165) is 6.42 Å². The molecule has 0 nitrogen and oxygen atoms in total. The van der Waals surface area contributed by atoms with Crippen LogP contribution in [0.15, 0.2) is 36.4 Å². The van der Waals surface area contributed by atoms with Crippen molar-refractivity contribution in [3.63, 3.8) is 0 Å². The van der Waals surface area contributed by atoms with Crippen molar-refractivity contribution >= 4 is 12.2 Å². The fourth-order valence-electron chi connectivity index (χ4n) is 4.29. The Morgan fingerprint density at radius 1 is 0.696 bits per heavy atom. The summed E-state index contributed by atoms with van der Waals surface area (Å²) >= 11 is 0. The van der Waals surface area contributed by atoms with Gasteiger partial charge in [-0.15, -0.1) is 0 Å². The summed E-state index contributed by atoms with van der Waals surface area (Å²) in [6.07, 6.45) is 10.3. The molecule has 0 saturated carbocycles. The average Bonchev–Trinajstić information content (AvgIpc) is 3.10. The molecule has 2 aliphatic rings. The topological polar surface area (TPSA) is 0 Å². The third-order valence-electron chi connectivity index (χ3n) is 5.59. The van der Waals surface area contributed by atoms with Gasteiger partial charge >= 0.3 is 0 Å². The second-order valence-corrected chi connectivity index (χ2v) is 7.21. The van der Waals surface area contributed by atoms with Crippen LogP contribution in [0.5, 0.6) is 0 Å². The molecule has 0 heterocycles. The van der Waals surface area contributed by atoms with E-state index >= 15 is 0 Å². The number of aryl methyl sites for hydroxylation is 2. The summed E-state index contributed by atoms with van der Waals surface area (Å²) in [5, 5.41) is 0. The van der Waals surface area contributed by atoms with E-state index in [2.05, 4.69) is 76.3 Å². The Bertz CT molecular complexity index is 777. The highest BCUT2D eigenvalue weighted by Gasteiger charge is 2.22. The zero-order valence-electron chi connectivity index (χ0n) is 14.5. The van der Waals surface area contributed by atoms with Crippen molar-refractivity contribution in [3.8, 4) is 0 Å². The summed E-state index contributed by atoms with van der Waals surface area (Å²) in [5.74, 6) is 1.07. The normalized spacial score (nSPS) is 20.9. The first-order chi connectivity index (χ1) is 11.1. The molecule has 0 fully saturated rings. The number of hydrogen-bond donors (Lipinski definition) is 0. The Morgan fingerprint density at radius 3 is 1.57 bits per heavy atom. The third-order valence-corrected chi connectivity index (χ3v) is 5.59. The quantitative estimate of drug-likeness (QED) is 0.623. The largest absolute Gasteiger partial charge is 0.0766 e. The van der Waals surface area contributed by atoms with Gasteiger partial charge in [0.2, 0.25) is 0 Å². The van der Waals surface area contributed by atoms with Crippen LogP contribution in [0.1, 0.15) is 70.2 Å². The Morgan fingerprint density at radius 2 is 1.13 bits per heavy atom. The second kappa shape index (κ2) is 5.23. The molecule has 0 bridgehead atoms. The molecular weight excluding hydrogens is 276 g/mol. The molecule has 2 aliphatic carbocycles. The minimum atomic E-state index is 0.536. The minimum Gasteiger partial charge on any atom is -0.0766 e. The SMILES string of the molecule is Cc1ccc(Cc2ccc(C)c3c2C(C)C=C3)c2c1C=CC2C. The Hall–Kier alpha value is -2.08. The second-order valence-electron chi connectivity index (χ2n) is 7.21. The number of fused-ring (bicyclic) bond motifs is 2. The predicted molar refractivity (Wildman–Crippen MR) is 100 cm³/mol. The molecule has 2 aromatic rings.